The zero-order chi connectivity index (χ0) is 26.4. The third-order valence-corrected chi connectivity index (χ3v) is 6.47. The van der Waals surface area contributed by atoms with Crippen LogP contribution in [-0.2, 0) is 15.0 Å². The van der Waals surface area contributed by atoms with Crippen molar-refractivity contribution >= 4 is 17.9 Å². The number of tetrazole rings is 1. The average molecular weight is 484 g/mol. The Bertz CT molecular complexity index is 979. The maximum Gasteiger partial charge on any atom is 0.245 e. The van der Waals surface area contributed by atoms with E-state index in [0.29, 0.717) is 5.82 Å². The van der Waals surface area contributed by atoms with Gasteiger partial charge in [0.15, 0.2) is 5.82 Å². The number of carbonyl (C=O) groups excluding carboxylic acids is 2. The van der Waals surface area contributed by atoms with Crippen molar-refractivity contribution in [2.75, 3.05) is 14.1 Å². The normalized spacial score (nSPS) is 15.1. The zero-order valence-electron chi connectivity index (χ0n) is 22.5. The Hall–Kier alpha value is -3.07. The number of nitrogens with one attached hydrogen (secondary N) is 3. The lowest BCUT2D eigenvalue weighted by Gasteiger charge is -2.39. The summed E-state index contributed by atoms with van der Waals surface area (Å²) in [5, 5.41) is 20.1. The van der Waals surface area contributed by atoms with Gasteiger partial charge in [-0.2, -0.15) is 5.21 Å². The molecule has 2 rings (SSSR count). The number of H-pyrrole nitrogens is 1. The van der Waals surface area contributed by atoms with E-state index in [0.717, 1.165) is 5.56 Å². The Morgan fingerprint density at radius 3 is 2.17 bits per heavy atom. The second-order valence-electron chi connectivity index (χ2n) is 10.9. The topological polar surface area (TPSA) is 116 Å². The molecule has 3 atom stereocenters. The molecular weight excluding hydrogens is 442 g/mol. The van der Waals surface area contributed by atoms with Gasteiger partial charge in [-0.3, -0.25) is 9.59 Å². The van der Waals surface area contributed by atoms with Gasteiger partial charge in [-0.25, -0.2) is 0 Å². The van der Waals surface area contributed by atoms with E-state index in [-0.39, 0.29) is 23.8 Å². The number of hydrogen-bond donors (Lipinski definition) is 3. The SMILES string of the molecule is CN[C@H](C(=O)N[C@H](C(=O)N(C)[C@H](C=Cc1nn[nH]n1)C(C)C)C(C)(C)C)C(C)(C)c1ccccc1. The first kappa shape index (κ1) is 28.2. The van der Waals surface area contributed by atoms with Crippen LogP contribution >= 0.6 is 0 Å². The number of amides is 2. The van der Waals surface area contributed by atoms with Crippen molar-refractivity contribution in [3.8, 4) is 0 Å². The third-order valence-electron chi connectivity index (χ3n) is 6.47. The van der Waals surface area contributed by atoms with Crippen LogP contribution in [0.1, 0.15) is 59.9 Å². The Kier molecular flexibility index (Phi) is 9.31. The van der Waals surface area contributed by atoms with Crippen molar-refractivity contribution in [3.63, 3.8) is 0 Å². The van der Waals surface area contributed by atoms with Crippen LogP contribution in [0.15, 0.2) is 36.4 Å². The fourth-order valence-corrected chi connectivity index (χ4v) is 4.30. The molecule has 0 saturated heterocycles. The molecule has 2 aromatic rings. The molecule has 1 aromatic heterocycles. The lowest BCUT2D eigenvalue weighted by Crippen LogP contribution is -2.61. The van der Waals surface area contributed by atoms with Crippen LogP contribution in [-0.4, -0.2) is 69.6 Å². The van der Waals surface area contributed by atoms with E-state index in [2.05, 4.69) is 31.3 Å². The van der Waals surface area contributed by atoms with Crippen molar-refractivity contribution in [1.82, 2.24) is 36.2 Å². The van der Waals surface area contributed by atoms with Gasteiger partial charge in [0.05, 0.1) is 12.1 Å². The quantitative estimate of drug-likeness (QED) is 0.479. The van der Waals surface area contributed by atoms with E-state index in [1.807, 2.05) is 84.9 Å². The second-order valence-corrected chi connectivity index (χ2v) is 10.9. The molecule has 0 saturated carbocycles. The molecule has 3 N–H and O–H groups in total. The summed E-state index contributed by atoms with van der Waals surface area (Å²) in [6, 6.07) is 8.44. The number of nitrogens with zero attached hydrogens (tertiary/aromatic N) is 4. The van der Waals surface area contributed by atoms with Crippen LogP contribution in [0.4, 0.5) is 0 Å². The molecule has 2 amide bonds. The lowest BCUT2D eigenvalue weighted by molar-refractivity contribution is -0.140. The van der Waals surface area contributed by atoms with Gasteiger partial charge in [0.1, 0.15) is 6.04 Å². The van der Waals surface area contributed by atoms with Gasteiger partial charge in [-0.1, -0.05) is 84.9 Å². The molecule has 192 valence electrons. The molecular formula is C26H41N7O2. The Morgan fingerprint density at radius 2 is 1.69 bits per heavy atom. The van der Waals surface area contributed by atoms with E-state index in [4.69, 9.17) is 0 Å². The smallest absolute Gasteiger partial charge is 0.245 e. The van der Waals surface area contributed by atoms with Gasteiger partial charge in [0.25, 0.3) is 0 Å². The van der Waals surface area contributed by atoms with E-state index >= 15 is 0 Å². The minimum absolute atomic E-state index is 0.130. The van der Waals surface area contributed by atoms with E-state index < -0.39 is 22.9 Å². The maximum absolute atomic E-state index is 13.8. The monoisotopic (exact) mass is 483 g/mol. The number of aromatic nitrogens is 4. The molecule has 0 aliphatic carbocycles. The molecule has 9 heteroatoms. The van der Waals surface area contributed by atoms with Crippen molar-refractivity contribution < 1.29 is 9.59 Å². The molecule has 0 bridgehead atoms. The summed E-state index contributed by atoms with van der Waals surface area (Å²) in [5.74, 6) is 0.198. The summed E-state index contributed by atoms with van der Waals surface area (Å²) in [6.45, 7) is 14.0. The summed E-state index contributed by atoms with van der Waals surface area (Å²) in [4.78, 5) is 29.0. The van der Waals surface area contributed by atoms with Crippen molar-refractivity contribution in [2.45, 2.75) is 72.0 Å². The van der Waals surface area contributed by atoms with Crippen LogP contribution in [0.3, 0.4) is 0 Å². The first-order chi connectivity index (χ1) is 16.3. The van der Waals surface area contributed by atoms with Crippen LogP contribution in [0, 0.1) is 11.3 Å². The molecule has 0 unspecified atom stereocenters. The summed E-state index contributed by atoms with van der Waals surface area (Å²) in [5.41, 5.74) is 0.0390. The molecule has 35 heavy (non-hydrogen) atoms. The lowest BCUT2D eigenvalue weighted by atomic mass is 9.76. The third kappa shape index (κ3) is 6.97. The largest absolute Gasteiger partial charge is 0.342 e. The molecule has 1 aromatic carbocycles. The summed E-state index contributed by atoms with van der Waals surface area (Å²) in [7, 11) is 3.54. The fourth-order valence-electron chi connectivity index (χ4n) is 4.30. The van der Waals surface area contributed by atoms with Gasteiger partial charge >= 0.3 is 0 Å². The molecule has 0 fully saturated rings. The summed E-state index contributed by atoms with van der Waals surface area (Å²) < 4.78 is 0. The van der Waals surface area contributed by atoms with E-state index in [1.54, 1.807) is 25.1 Å². The van der Waals surface area contributed by atoms with Gasteiger partial charge < -0.3 is 15.5 Å². The molecule has 0 spiro atoms. The molecule has 9 nitrogen and oxygen atoms in total. The number of likely N-dealkylation sites (N-methyl/N-ethyl adjacent to an activating group) is 2. The molecule has 1 heterocycles. The van der Waals surface area contributed by atoms with Crippen molar-refractivity contribution in [1.29, 1.82) is 0 Å². The highest BCUT2D eigenvalue weighted by atomic mass is 16.2. The Morgan fingerprint density at radius 1 is 1.06 bits per heavy atom. The zero-order valence-corrected chi connectivity index (χ0v) is 22.5. The highest BCUT2D eigenvalue weighted by Crippen LogP contribution is 2.29. The minimum Gasteiger partial charge on any atom is -0.342 e. The van der Waals surface area contributed by atoms with Crippen LogP contribution in [0.5, 0.6) is 0 Å². The molecule has 0 aliphatic rings. The summed E-state index contributed by atoms with van der Waals surface area (Å²) >= 11 is 0. The van der Waals surface area contributed by atoms with Gasteiger partial charge in [-0.15, -0.1) is 10.2 Å². The first-order valence-electron chi connectivity index (χ1n) is 12.0. The van der Waals surface area contributed by atoms with Crippen molar-refractivity contribution in [3.05, 3.63) is 47.8 Å². The minimum atomic E-state index is -0.720. The Balaban J connectivity index is 2.29. The van der Waals surface area contributed by atoms with Gasteiger partial charge in [-0.05, 0) is 35.2 Å². The van der Waals surface area contributed by atoms with Gasteiger partial charge in [0, 0.05) is 12.5 Å². The van der Waals surface area contributed by atoms with Crippen LogP contribution in [0.25, 0.3) is 6.08 Å². The second kappa shape index (κ2) is 11.6. The van der Waals surface area contributed by atoms with E-state index in [9.17, 15) is 9.59 Å². The highest BCUT2D eigenvalue weighted by Gasteiger charge is 2.41. The number of benzene rings is 1. The number of aromatic amines is 1. The summed E-state index contributed by atoms with van der Waals surface area (Å²) in [6.07, 6.45) is 3.63. The highest BCUT2D eigenvalue weighted by molar-refractivity contribution is 5.91. The average Bonchev–Trinajstić information content (AvgIpc) is 3.30. The predicted octanol–water partition coefficient (Wildman–Crippen LogP) is 2.79. The first-order valence-corrected chi connectivity index (χ1v) is 12.0. The number of rotatable bonds is 10. The van der Waals surface area contributed by atoms with Crippen LogP contribution in [0.2, 0.25) is 0 Å². The standard InChI is InChI=1S/C26H41N7O2/c1-17(2)19(15-16-20-29-31-32-30-20)33(9)24(35)22(25(3,4)5)28-23(34)21(27-8)26(6,7)18-13-11-10-12-14-18/h10-17,19,21-22,27H,1-9H3,(H,28,34)(H,29,30,31,32)/t19-,21-,22-/m1/s1. The predicted molar refractivity (Wildman–Crippen MR) is 138 cm³/mol. The Labute approximate surface area is 209 Å². The molecule has 0 radical (unpaired) electrons. The molecule has 0 aliphatic heterocycles. The van der Waals surface area contributed by atoms with E-state index in [1.165, 1.54) is 0 Å². The maximum atomic E-state index is 13.8. The number of hydrogen-bond acceptors (Lipinski definition) is 6. The van der Waals surface area contributed by atoms with Gasteiger partial charge in [0.2, 0.25) is 11.8 Å². The van der Waals surface area contributed by atoms with Crippen molar-refractivity contribution in [2.24, 2.45) is 11.3 Å². The fraction of sp³-hybridized carbons (Fsp3) is 0.577. The number of carbonyl (C=O) groups is 2. The van der Waals surface area contributed by atoms with Crippen LogP contribution < -0.4 is 10.6 Å².